The molecule has 7 heteroatoms. The topological polar surface area (TPSA) is 86.7 Å². The predicted molar refractivity (Wildman–Crippen MR) is 79.2 cm³/mol. The van der Waals surface area contributed by atoms with E-state index in [1.54, 1.807) is 12.1 Å². The second-order valence-electron chi connectivity index (χ2n) is 5.28. The number of aromatic carboxylic acids is 1. The van der Waals surface area contributed by atoms with Gasteiger partial charge in [-0.25, -0.2) is 4.79 Å². The molecule has 1 aliphatic heterocycles. The van der Waals surface area contributed by atoms with Crippen LogP contribution in [0.4, 0.5) is 0 Å². The Hall–Kier alpha value is -1.44. The predicted octanol–water partition coefficient (Wildman–Crippen LogP) is 1.59. The van der Waals surface area contributed by atoms with Crippen molar-refractivity contribution in [2.45, 2.75) is 38.8 Å². The van der Waals surface area contributed by atoms with Crippen LogP contribution in [0.1, 0.15) is 42.1 Å². The van der Waals surface area contributed by atoms with Gasteiger partial charge >= 0.3 is 5.97 Å². The van der Waals surface area contributed by atoms with Gasteiger partial charge in [-0.3, -0.25) is 0 Å². The first-order valence-electron chi connectivity index (χ1n) is 6.99. The molecule has 1 atom stereocenters. The maximum absolute atomic E-state index is 12.3. The van der Waals surface area contributed by atoms with E-state index in [1.165, 1.54) is 16.4 Å². The van der Waals surface area contributed by atoms with E-state index in [2.05, 4.69) is 4.72 Å². The van der Waals surface area contributed by atoms with Gasteiger partial charge in [-0.1, -0.05) is 18.6 Å². The van der Waals surface area contributed by atoms with Crippen LogP contribution in [0.3, 0.4) is 0 Å². The Morgan fingerprint density at radius 1 is 1.33 bits per heavy atom. The SMILES string of the molecule is CC1CCCCN1S(=O)(=O)NCc1ccc(C(=O)O)cc1. The zero-order chi connectivity index (χ0) is 15.5. The number of piperidine rings is 1. The molecule has 0 spiro atoms. The summed E-state index contributed by atoms with van der Waals surface area (Å²) in [6, 6.07) is 6.19. The van der Waals surface area contributed by atoms with E-state index in [0.29, 0.717) is 6.54 Å². The Morgan fingerprint density at radius 3 is 2.57 bits per heavy atom. The summed E-state index contributed by atoms with van der Waals surface area (Å²) < 4.78 is 28.6. The summed E-state index contributed by atoms with van der Waals surface area (Å²) in [4.78, 5) is 10.8. The molecule has 0 amide bonds. The lowest BCUT2D eigenvalue weighted by Crippen LogP contribution is -2.47. The number of hydrogen-bond donors (Lipinski definition) is 2. The molecule has 0 bridgehead atoms. The second-order valence-corrected chi connectivity index (χ2v) is 6.99. The minimum Gasteiger partial charge on any atom is -0.478 e. The minimum absolute atomic E-state index is 0.0191. The van der Waals surface area contributed by atoms with E-state index in [0.717, 1.165) is 24.8 Å². The molecule has 6 nitrogen and oxygen atoms in total. The van der Waals surface area contributed by atoms with Gasteiger partial charge in [-0.2, -0.15) is 17.4 Å². The molecule has 116 valence electrons. The van der Waals surface area contributed by atoms with E-state index in [4.69, 9.17) is 5.11 Å². The Kier molecular flexibility index (Phi) is 4.97. The van der Waals surface area contributed by atoms with Gasteiger partial charge in [0.2, 0.25) is 0 Å². The lowest BCUT2D eigenvalue weighted by atomic mass is 10.1. The third-order valence-electron chi connectivity index (χ3n) is 3.71. The van der Waals surface area contributed by atoms with Crippen LogP contribution < -0.4 is 4.72 Å². The second kappa shape index (κ2) is 6.55. The van der Waals surface area contributed by atoms with Crippen molar-refractivity contribution < 1.29 is 18.3 Å². The van der Waals surface area contributed by atoms with Gasteiger partial charge in [-0.15, -0.1) is 0 Å². The van der Waals surface area contributed by atoms with Gasteiger partial charge in [-0.05, 0) is 37.5 Å². The van der Waals surface area contributed by atoms with Crippen LogP contribution >= 0.6 is 0 Å². The fraction of sp³-hybridized carbons (Fsp3) is 0.500. The smallest absolute Gasteiger partial charge is 0.335 e. The third kappa shape index (κ3) is 4.03. The monoisotopic (exact) mass is 312 g/mol. The summed E-state index contributed by atoms with van der Waals surface area (Å²) in [5, 5.41) is 8.82. The Labute approximate surface area is 125 Å². The van der Waals surface area contributed by atoms with Crippen LogP contribution in [0.25, 0.3) is 0 Å². The minimum atomic E-state index is -3.49. The maximum atomic E-state index is 12.3. The summed E-state index contributed by atoms with van der Waals surface area (Å²) in [5.41, 5.74) is 0.916. The first kappa shape index (κ1) is 15.9. The maximum Gasteiger partial charge on any atom is 0.335 e. The number of benzene rings is 1. The van der Waals surface area contributed by atoms with Gasteiger partial charge in [0.1, 0.15) is 0 Å². The lowest BCUT2D eigenvalue weighted by molar-refractivity contribution is 0.0697. The fourth-order valence-electron chi connectivity index (χ4n) is 2.45. The summed E-state index contributed by atoms with van der Waals surface area (Å²) >= 11 is 0. The standard InChI is InChI=1S/C14H20N2O4S/c1-11-4-2-3-9-16(11)21(19,20)15-10-12-5-7-13(8-6-12)14(17)18/h5-8,11,15H,2-4,9-10H2,1H3,(H,17,18). The first-order chi connectivity index (χ1) is 9.90. The molecule has 0 radical (unpaired) electrons. The molecule has 1 aromatic rings. The van der Waals surface area contributed by atoms with Crippen LogP contribution in [-0.4, -0.2) is 36.4 Å². The highest BCUT2D eigenvalue weighted by Gasteiger charge is 2.28. The van der Waals surface area contributed by atoms with Crippen molar-refractivity contribution in [3.05, 3.63) is 35.4 Å². The van der Waals surface area contributed by atoms with Gasteiger partial charge < -0.3 is 5.11 Å². The van der Waals surface area contributed by atoms with Crippen molar-refractivity contribution in [2.75, 3.05) is 6.54 Å². The summed E-state index contributed by atoms with van der Waals surface area (Å²) in [7, 11) is -3.49. The average Bonchev–Trinajstić information content (AvgIpc) is 2.46. The van der Waals surface area contributed by atoms with Gasteiger partial charge in [0.15, 0.2) is 0 Å². The fourth-order valence-corrected chi connectivity index (χ4v) is 3.92. The zero-order valence-corrected chi connectivity index (χ0v) is 12.8. The van der Waals surface area contributed by atoms with Crippen molar-refractivity contribution in [1.29, 1.82) is 0 Å². The van der Waals surface area contributed by atoms with Crippen molar-refractivity contribution in [2.24, 2.45) is 0 Å². The third-order valence-corrected chi connectivity index (χ3v) is 5.38. The summed E-state index contributed by atoms with van der Waals surface area (Å²) in [6.45, 7) is 2.62. The van der Waals surface area contributed by atoms with Gasteiger partial charge in [0.05, 0.1) is 5.56 Å². The van der Waals surface area contributed by atoms with Crippen LogP contribution in [0.5, 0.6) is 0 Å². The normalized spacial score (nSPS) is 20.3. The van der Waals surface area contributed by atoms with Crippen LogP contribution in [0.2, 0.25) is 0 Å². The average molecular weight is 312 g/mol. The number of hydrogen-bond acceptors (Lipinski definition) is 3. The van der Waals surface area contributed by atoms with E-state index in [1.807, 2.05) is 6.92 Å². The molecule has 1 aliphatic rings. The van der Waals surface area contributed by atoms with E-state index >= 15 is 0 Å². The Balaban J connectivity index is 1.99. The molecule has 2 rings (SSSR count). The molecule has 2 N–H and O–H groups in total. The molecule has 0 aromatic heterocycles. The highest BCUT2D eigenvalue weighted by atomic mass is 32.2. The van der Waals surface area contributed by atoms with E-state index in [9.17, 15) is 13.2 Å². The molecule has 1 unspecified atom stereocenters. The molecule has 0 saturated carbocycles. The quantitative estimate of drug-likeness (QED) is 0.864. The molecule has 1 saturated heterocycles. The van der Waals surface area contributed by atoms with Crippen LogP contribution in [0.15, 0.2) is 24.3 Å². The van der Waals surface area contributed by atoms with E-state index < -0.39 is 16.2 Å². The first-order valence-corrected chi connectivity index (χ1v) is 8.43. The van der Waals surface area contributed by atoms with Crippen molar-refractivity contribution >= 4 is 16.2 Å². The number of nitrogens with zero attached hydrogens (tertiary/aromatic N) is 1. The zero-order valence-electron chi connectivity index (χ0n) is 11.9. The van der Waals surface area contributed by atoms with Crippen LogP contribution in [0, 0.1) is 0 Å². The Morgan fingerprint density at radius 2 is 2.00 bits per heavy atom. The molecule has 1 fully saturated rings. The molecular formula is C14H20N2O4S. The van der Waals surface area contributed by atoms with Crippen LogP contribution in [-0.2, 0) is 16.8 Å². The molecule has 1 heterocycles. The number of nitrogens with one attached hydrogen (secondary N) is 1. The summed E-state index contributed by atoms with van der Waals surface area (Å²) in [5.74, 6) is -0.996. The number of rotatable bonds is 5. The summed E-state index contributed by atoms with van der Waals surface area (Å²) in [6.07, 6.45) is 2.83. The number of carboxylic acids is 1. The van der Waals surface area contributed by atoms with Gasteiger partial charge in [0, 0.05) is 19.1 Å². The van der Waals surface area contributed by atoms with Crippen molar-refractivity contribution in [3.8, 4) is 0 Å². The highest BCUT2D eigenvalue weighted by Crippen LogP contribution is 2.19. The highest BCUT2D eigenvalue weighted by molar-refractivity contribution is 7.87. The number of carboxylic acid groups (broad SMARTS) is 1. The lowest BCUT2D eigenvalue weighted by Gasteiger charge is -2.32. The Bertz CT molecular complexity index is 598. The van der Waals surface area contributed by atoms with Gasteiger partial charge in [0.25, 0.3) is 10.2 Å². The molecule has 1 aromatic carbocycles. The molecular weight excluding hydrogens is 292 g/mol. The van der Waals surface area contributed by atoms with Crippen molar-refractivity contribution in [3.63, 3.8) is 0 Å². The molecule has 0 aliphatic carbocycles. The number of carbonyl (C=O) groups is 1. The van der Waals surface area contributed by atoms with E-state index in [-0.39, 0.29) is 18.2 Å². The van der Waals surface area contributed by atoms with Crippen molar-refractivity contribution in [1.82, 2.24) is 9.03 Å². The molecule has 21 heavy (non-hydrogen) atoms. The largest absolute Gasteiger partial charge is 0.478 e.